The third-order valence-corrected chi connectivity index (χ3v) is 7.17. The van der Waals surface area contributed by atoms with Gasteiger partial charge in [-0.2, -0.15) is 17.0 Å². The number of nitrogens with one attached hydrogen (secondary N) is 2. The van der Waals surface area contributed by atoms with Crippen LogP contribution in [0.15, 0.2) is 23.3 Å². The molecule has 1 aliphatic rings. The maximum Gasteiger partial charge on any atom is 0.326 e. The molecule has 3 aromatic heterocycles. The minimum atomic E-state index is -3.52. The van der Waals surface area contributed by atoms with Crippen molar-refractivity contribution in [3.8, 4) is 0 Å². The largest absolute Gasteiger partial charge is 0.346 e. The first-order valence-corrected chi connectivity index (χ1v) is 9.94. The Morgan fingerprint density at radius 3 is 2.85 bits per heavy atom. The van der Waals surface area contributed by atoms with Crippen molar-refractivity contribution >= 4 is 32.3 Å². The zero-order valence-corrected chi connectivity index (χ0v) is 15.7. The molecule has 1 fully saturated rings. The molecule has 0 saturated carbocycles. The van der Waals surface area contributed by atoms with E-state index in [9.17, 15) is 13.2 Å². The third kappa shape index (κ3) is 2.48. The molecule has 0 aromatic carbocycles. The lowest BCUT2D eigenvalue weighted by Gasteiger charge is -2.37. The number of H-pyrrole nitrogens is 2. The van der Waals surface area contributed by atoms with Gasteiger partial charge in [-0.3, -0.25) is 4.57 Å². The van der Waals surface area contributed by atoms with Crippen molar-refractivity contribution in [1.29, 1.82) is 0 Å². The molecule has 4 rings (SSSR count). The fraction of sp³-hybridized carbons (Fsp3) is 0.500. The van der Waals surface area contributed by atoms with Gasteiger partial charge in [0.2, 0.25) is 0 Å². The predicted molar refractivity (Wildman–Crippen MR) is 99.2 cm³/mol. The Morgan fingerprint density at radius 1 is 1.35 bits per heavy atom. The van der Waals surface area contributed by atoms with Crippen LogP contribution in [0.5, 0.6) is 0 Å². The monoisotopic (exact) mass is 378 g/mol. The first kappa shape index (κ1) is 17.3. The zero-order chi connectivity index (χ0) is 18.6. The van der Waals surface area contributed by atoms with Gasteiger partial charge in [-0.25, -0.2) is 9.78 Å². The average molecular weight is 378 g/mol. The van der Waals surface area contributed by atoms with E-state index in [-0.39, 0.29) is 24.2 Å². The molecule has 0 unspecified atom stereocenters. The highest BCUT2D eigenvalue weighted by Gasteiger charge is 2.36. The Labute approximate surface area is 150 Å². The maximum absolute atomic E-state index is 12.7. The Bertz CT molecular complexity index is 1130. The van der Waals surface area contributed by atoms with Crippen LogP contribution in [0.4, 0.5) is 0 Å². The number of pyridine rings is 1. The molecule has 0 spiro atoms. The van der Waals surface area contributed by atoms with E-state index in [1.165, 1.54) is 22.7 Å². The van der Waals surface area contributed by atoms with E-state index in [2.05, 4.69) is 21.9 Å². The van der Waals surface area contributed by atoms with Crippen molar-refractivity contribution in [3.05, 3.63) is 28.9 Å². The molecule has 140 valence electrons. The second kappa shape index (κ2) is 5.93. The lowest BCUT2D eigenvalue weighted by molar-refractivity contribution is 0.195. The molecule has 26 heavy (non-hydrogen) atoms. The molecule has 0 bridgehead atoms. The summed E-state index contributed by atoms with van der Waals surface area (Å²) in [6, 6.07) is 1.64. The van der Waals surface area contributed by atoms with E-state index in [0.29, 0.717) is 24.1 Å². The lowest BCUT2D eigenvalue weighted by atomic mass is 9.94. The van der Waals surface area contributed by atoms with E-state index in [4.69, 9.17) is 0 Å². The van der Waals surface area contributed by atoms with E-state index in [0.717, 1.165) is 10.9 Å². The van der Waals surface area contributed by atoms with E-state index in [1.807, 2.05) is 6.07 Å². The summed E-state index contributed by atoms with van der Waals surface area (Å²) in [6.45, 7) is 2.78. The highest BCUT2D eigenvalue weighted by atomic mass is 32.2. The minimum absolute atomic E-state index is 0.169. The minimum Gasteiger partial charge on any atom is -0.346 e. The van der Waals surface area contributed by atoms with Crippen molar-refractivity contribution in [2.75, 3.05) is 27.2 Å². The van der Waals surface area contributed by atoms with E-state index in [1.54, 1.807) is 17.0 Å². The van der Waals surface area contributed by atoms with Crippen LogP contribution in [0.3, 0.4) is 0 Å². The fourth-order valence-corrected chi connectivity index (χ4v) is 4.87. The van der Waals surface area contributed by atoms with Crippen molar-refractivity contribution < 1.29 is 8.42 Å². The summed E-state index contributed by atoms with van der Waals surface area (Å²) >= 11 is 0. The smallest absolute Gasteiger partial charge is 0.326 e. The topological polar surface area (TPSA) is 107 Å². The second-order valence-corrected chi connectivity index (χ2v) is 9.18. The maximum atomic E-state index is 12.7. The van der Waals surface area contributed by atoms with Crippen molar-refractivity contribution in [2.45, 2.75) is 19.4 Å². The molecule has 2 atom stereocenters. The summed E-state index contributed by atoms with van der Waals surface area (Å²) in [5.41, 5.74) is 1.88. The number of hydrogen-bond acceptors (Lipinski definition) is 4. The molecular formula is C16H22N6O3S. The molecule has 1 aliphatic heterocycles. The molecular weight excluding hydrogens is 356 g/mol. The predicted octanol–water partition coefficient (Wildman–Crippen LogP) is 0.895. The van der Waals surface area contributed by atoms with Gasteiger partial charge in [0.05, 0.1) is 23.3 Å². The van der Waals surface area contributed by atoms with Crippen LogP contribution < -0.4 is 5.69 Å². The summed E-state index contributed by atoms with van der Waals surface area (Å²) in [5, 5.41) is 0.848. The fourth-order valence-electron chi connectivity index (χ4n) is 3.73. The first-order valence-electron chi connectivity index (χ1n) is 8.54. The highest BCUT2D eigenvalue weighted by molar-refractivity contribution is 7.86. The summed E-state index contributed by atoms with van der Waals surface area (Å²) in [6.07, 6.45) is 4.11. The lowest BCUT2D eigenvalue weighted by Crippen LogP contribution is -2.49. The number of imidazole rings is 1. The number of piperidine rings is 1. The van der Waals surface area contributed by atoms with Gasteiger partial charge in [0, 0.05) is 38.8 Å². The molecule has 3 aromatic rings. The van der Waals surface area contributed by atoms with Gasteiger partial charge in [0.15, 0.2) is 0 Å². The van der Waals surface area contributed by atoms with Gasteiger partial charge in [0.25, 0.3) is 10.2 Å². The summed E-state index contributed by atoms with van der Waals surface area (Å²) in [4.78, 5) is 23.0. The van der Waals surface area contributed by atoms with Crippen molar-refractivity contribution in [2.24, 2.45) is 5.92 Å². The van der Waals surface area contributed by atoms with Gasteiger partial charge in [0.1, 0.15) is 5.65 Å². The summed E-state index contributed by atoms with van der Waals surface area (Å²) in [5.74, 6) is 0.169. The number of aromatic amines is 2. The summed E-state index contributed by atoms with van der Waals surface area (Å²) in [7, 11) is -0.476. The van der Waals surface area contributed by atoms with E-state index >= 15 is 0 Å². The van der Waals surface area contributed by atoms with Gasteiger partial charge < -0.3 is 9.97 Å². The number of fused-ring (bicyclic) bond motifs is 3. The molecule has 4 heterocycles. The highest BCUT2D eigenvalue weighted by Crippen LogP contribution is 2.32. The molecule has 1 saturated heterocycles. The Morgan fingerprint density at radius 2 is 2.12 bits per heavy atom. The van der Waals surface area contributed by atoms with Crippen molar-refractivity contribution in [1.82, 2.24) is 28.1 Å². The second-order valence-electron chi connectivity index (χ2n) is 7.04. The quantitative estimate of drug-likeness (QED) is 0.706. The molecule has 9 nitrogen and oxygen atoms in total. The average Bonchev–Trinajstić information content (AvgIpc) is 3.18. The van der Waals surface area contributed by atoms with Gasteiger partial charge in [-0.15, -0.1) is 0 Å². The molecule has 2 N–H and O–H groups in total. The van der Waals surface area contributed by atoms with Crippen molar-refractivity contribution in [3.63, 3.8) is 0 Å². The Kier molecular flexibility index (Phi) is 3.94. The summed E-state index contributed by atoms with van der Waals surface area (Å²) < 4.78 is 29.5. The van der Waals surface area contributed by atoms with Gasteiger partial charge >= 0.3 is 5.69 Å². The SMILES string of the molecule is C[C@@H]1CCN(S(=O)(=O)N(C)C)C[C@@H]1n1c(=O)[nH]c2cnc3[nH]ccc3c21. The number of hydrogen-bond donors (Lipinski definition) is 2. The van der Waals surface area contributed by atoms with Gasteiger partial charge in [-0.1, -0.05) is 6.92 Å². The van der Waals surface area contributed by atoms with Crippen LogP contribution in [0.2, 0.25) is 0 Å². The zero-order valence-electron chi connectivity index (χ0n) is 14.9. The van der Waals surface area contributed by atoms with Crippen LogP contribution in [0, 0.1) is 5.92 Å². The number of aromatic nitrogens is 4. The first-order chi connectivity index (χ1) is 12.3. The third-order valence-electron chi connectivity index (χ3n) is 5.26. The molecule has 0 aliphatic carbocycles. The van der Waals surface area contributed by atoms with Crippen LogP contribution in [0.25, 0.3) is 22.1 Å². The standard InChI is InChI=1S/C16H22N6O3S/c1-10-5-7-21(26(24,25)20(2)3)9-13(10)22-14-11-4-6-17-15(11)18-8-12(14)19-16(22)23/h4,6,8,10,13H,5,7,9H2,1-3H3,(H,17,18)(H,19,23)/t10-,13+/m1/s1. The normalized spacial score (nSPS) is 22.6. The van der Waals surface area contributed by atoms with Crippen LogP contribution in [-0.4, -0.2) is 63.7 Å². The van der Waals surface area contributed by atoms with Crippen LogP contribution in [-0.2, 0) is 10.2 Å². The van der Waals surface area contributed by atoms with Crippen LogP contribution >= 0.6 is 0 Å². The Hall–Kier alpha value is -2.17. The number of rotatable bonds is 3. The molecule has 0 radical (unpaired) electrons. The van der Waals surface area contributed by atoms with E-state index < -0.39 is 10.2 Å². The Balaban J connectivity index is 1.87. The molecule has 10 heteroatoms. The number of nitrogens with zero attached hydrogens (tertiary/aromatic N) is 4. The van der Waals surface area contributed by atoms with Crippen LogP contribution in [0.1, 0.15) is 19.4 Å². The van der Waals surface area contributed by atoms with Gasteiger partial charge in [-0.05, 0) is 18.4 Å². The molecule has 0 amide bonds.